The first-order valence-electron chi connectivity index (χ1n) is 17.7. The quantitative estimate of drug-likeness (QED) is 0.0939. The van der Waals surface area contributed by atoms with E-state index in [-0.39, 0.29) is 35.7 Å². The first kappa shape index (κ1) is 38.6. The molecule has 0 saturated carbocycles. The maximum absolute atomic E-state index is 13.1. The summed E-state index contributed by atoms with van der Waals surface area (Å²) in [6, 6.07) is 17.4. The second kappa shape index (κ2) is 19.3. The van der Waals surface area contributed by atoms with Crippen LogP contribution in [-0.2, 0) is 20.8 Å². The van der Waals surface area contributed by atoms with Crippen molar-refractivity contribution in [2.75, 3.05) is 32.1 Å². The third kappa shape index (κ3) is 11.7. The number of piperidine rings is 1. The summed E-state index contributed by atoms with van der Waals surface area (Å²) in [5.41, 5.74) is 1.93. The van der Waals surface area contributed by atoms with Crippen LogP contribution in [0, 0.1) is 5.92 Å². The van der Waals surface area contributed by atoms with Gasteiger partial charge in [0.25, 0.3) is 5.91 Å². The van der Waals surface area contributed by atoms with Crippen LogP contribution in [0.25, 0.3) is 0 Å². The molecule has 51 heavy (non-hydrogen) atoms. The van der Waals surface area contributed by atoms with Gasteiger partial charge in [0, 0.05) is 37.2 Å². The van der Waals surface area contributed by atoms with Crippen LogP contribution in [0.2, 0.25) is 0 Å². The number of Topliss-reactive ketones (excluding diaryl/α,β-unsaturated/α-hetero) is 1. The molecule has 1 unspecified atom stereocenters. The molecule has 1 atom stereocenters. The van der Waals surface area contributed by atoms with Crippen LogP contribution in [0.5, 0.6) is 17.2 Å². The molecule has 1 saturated heterocycles. The van der Waals surface area contributed by atoms with E-state index in [9.17, 15) is 24.0 Å². The van der Waals surface area contributed by atoms with Crippen molar-refractivity contribution in [3.63, 3.8) is 0 Å². The predicted octanol–water partition coefficient (Wildman–Crippen LogP) is 6.39. The number of likely N-dealkylation sites (tertiary alicyclic amines) is 1. The van der Waals surface area contributed by atoms with Gasteiger partial charge in [-0.25, -0.2) is 4.79 Å². The lowest BCUT2D eigenvalue weighted by Gasteiger charge is -2.30. The van der Waals surface area contributed by atoms with E-state index in [2.05, 4.69) is 17.6 Å². The number of unbranched alkanes of at least 4 members (excludes halogenated alkanes) is 4. The maximum Gasteiger partial charge on any atom is 0.343 e. The molecule has 0 aromatic heterocycles. The van der Waals surface area contributed by atoms with Crippen LogP contribution in [0.3, 0.4) is 0 Å². The van der Waals surface area contributed by atoms with Gasteiger partial charge >= 0.3 is 5.97 Å². The number of methoxy groups -OCH3 is 1. The molecule has 0 bridgehead atoms. The van der Waals surface area contributed by atoms with Gasteiger partial charge in [-0.05, 0) is 98.8 Å². The van der Waals surface area contributed by atoms with Gasteiger partial charge in [0.05, 0.1) is 25.3 Å². The van der Waals surface area contributed by atoms with E-state index in [1.165, 1.54) is 40.2 Å². The van der Waals surface area contributed by atoms with Gasteiger partial charge in [0.2, 0.25) is 11.8 Å². The number of carbonyl (C=O) groups is 5. The van der Waals surface area contributed by atoms with Crippen LogP contribution >= 0.6 is 0 Å². The Morgan fingerprint density at radius 1 is 0.824 bits per heavy atom. The fraction of sp³-hybridized carbons (Fsp3) is 0.425. The smallest absolute Gasteiger partial charge is 0.343 e. The Morgan fingerprint density at radius 3 is 2.12 bits per heavy atom. The minimum atomic E-state index is -0.826. The largest absolute Gasteiger partial charge is 0.494 e. The summed E-state index contributed by atoms with van der Waals surface area (Å²) in [4.78, 5) is 64.6. The zero-order valence-corrected chi connectivity index (χ0v) is 30.0. The molecule has 272 valence electrons. The number of ketones is 1. The lowest BCUT2D eigenvalue weighted by Crippen LogP contribution is -2.41. The molecule has 0 spiro atoms. The number of esters is 1. The van der Waals surface area contributed by atoms with Gasteiger partial charge in [0.15, 0.2) is 17.3 Å². The molecular formula is C40H49N3O8. The van der Waals surface area contributed by atoms with Gasteiger partial charge in [0.1, 0.15) is 5.75 Å². The van der Waals surface area contributed by atoms with Gasteiger partial charge < -0.3 is 29.7 Å². The fourth-order valence-electron chi connectivity index (χ4n) is 5.84. The minimum Gasteiger partial charge on any atom is -0.494 e. The fourth-order valence-corrected chi connectivity index (χ4v) is 5.84. The van der Waals surface area contributed by atoms with E-state index in [0.29, 0.717) is 66.4 Å². The van der Waals surface area contributed by atoms with Gasteiger partial charge in [-0.3, -0.25) is 19.2 Å². The van der Waals surface area contributed by atoms with Crippen molar-refractivity contribution in [2.24, 2.45) is 5.92 Å². The SMILES string of the molecule is CCCCCCCOc1ccc(C(=O)Oc2ccc(CC(NC(=O)c3ccc(NC(=O)C4CCN(C(C)=O)CC4)cc3)C(C)=O)cc2OC)cc1. The Labute approximate surface area is 300 Å². The number of ether oxygens (including phenoxy) is 3. The van der Waals surface area contributed by atoms with E-state index in [1.54, 1.807) is 71.6 Å². The summed E-state index contributed by atoms with van der Waals surface area (Å²) in [7, 11) is 1.46. The number of hydrogen-bond acceptors (Lipinski definition) is 8. The average molecular weight is 700 g/mol. The molecule has 11 heteroatoms. The van der Waals surface area contributed by atoms with Crippen molar-refractivity contribution in [1.82, 2.24) is 10.2 Å². The highest BCUT2D eigenvalue weighted by molar-refractivity contribution is 5.99. The Hall–Kier alpha value is -5.19. The lowest BCUT2D eigenvalue weighted by atomic mass is 9.95. The summed E-state index contributed by atoms with van der Waals surface area (Å²) in [5.74, 6) is -0.309. The molecule has 2 N–H and O–H groups in total. The molecular weight excluding hydrogens is 650 g/mol. The van der Waals surface area contributed by atoms with E-state index in [1.807, 2.05) is 0 Å². The number of hydrogen-bond donors (Lipinski definition) is 2. The molecule has 0 aliphatic carbocycles. The van der Waals surface area contributed by atoms with Crippen LogP contribution in [0.15, 0.2) is 66.7 Å². The zero-order chi connectivity index (χ0) is 36.8. The number of amides is 3. The van der Waals surface area contributed by atoms with Gasteiger partial charge in [-0.2, -0.15) is 0 Å². The summed E-state index contributed by atoms with van der Waals surface area (Å²) in [6.45, 7) is 6.86. The lowest BCUT2D eigenvalue weighted by molar-refractivity contribution is -0.132. The van der Waals surface area contributed by atoms with Crippen molar-refractivity contribution in [2.45, 2.75) is 78.2 Å². The molecule has 3 aromatic rings. The summed E-state index contributed by atoms with van der Waals surface area (Å²) in [6.07, 6.45) is 7.13. The zero-order valence-electron chi connectivity index (χ0n) is 30.0. The van der Waals surface area contributed by atoms with Crippen molar-refractivity contribution < 1.29 is 38.2 Å². The van der Waals surface area contributed by atoms with E-state index in [0.717, 1.165) is 12.8 Å². The van der Waals surface area contributed by atoms with Crippen molar-refractivity contribution in [3.8, 4) is 17.2 Å². The van der Waals surface area contributed by atoms with Crippen LogP contribution in [0.1, 0.15) is 92.0 Å². The van der Waals surface area contributed by atoms with Crippen molar-refractivity contribution in [3.05, 3.63) is 83.4 Å². The van der Waals surface area contributed by atoms with Crippen molar-refractivity contribution in [1.29, 1.82) is 0 Å². The molecule has 11 nitrogen and oxygen atoms in total. The second-order valence-electron chi connectivity index (χ2n) is 12.8. The molecule has 3 aromatic carbocycles. The van der Waals surface area contributed by atoms with Crippen molar-refractivity contribution >= 4 is 35.2 Å². The number of nitrogens with zero attached hydrogens (tertiary/aromatic N) is 1. The molecule has 3 amide bonds. The Kier molecular flexibility index (Phi) is 14.6. The van der Waals surface area contributed by atoms with Crippen LogP contribution < -0.4 is 24.8 Å². The molecule has 0 radical (unpaired) electrons. The summed E-state index contributed by atoms with van der Waals surface area (Å²) < 4.78 is 16.9. The summed E-state index contributed by atoms with van der Waals surface area (Å²) in [5, 5.41) is 5.68. The summed E-state index contributed by atoms with van der Waals surface area (Å²) >= 11 is 0. The Bertz CT molecular complexity index is 1650. The highest BCUT2D eigenvalue weighted by Gasteiger charge is 2.26. The monoisotopic (exact) mass is 699 g/mol. The molecule has 1 aliphatic rings. The van der Waals surface area contributed by atoms with Crippen LogP contribution in [0.4, 0.5) is 5.69 Å². The first-order chi connectivity index (χ1) is 24.6. The molecule has 1 aliphatic heterocycles. The standard InChI is InChI=1S/C40H49N3O8/c1-5-6-7-8-9-24-50-34-17-13-32(14-18-34)40(48)51-36-19-10-29(26-37(36)49-4)25-35(27(2)44)42-39(47)30-11-15-33(16-12-30)41-38(46)31-20-22-43(23-21-31)28(3)45/h10-19,26,31,35H,5-9,20-25H2,1-4H3,(H,41,46)(H,42,47). The third-order valence-corrected chi connectivity index (χ3v) is 9.00. The molecule has 4 rings (SSSR count). The average Bonchev–Trinajstić information content (AvgIpc) is 3.13. The maximum atomic E-state index is 13.1. The second-order valence-corrected chi connectivity index (χ2v) is 12.8. The third-order valence-electron chi connectivity index (χ3n) is 9.00. The van der Waals surface area contributed by atoms with E-state index < -0.39 is 17.9 Å². The number of anilines is 1. The highest BCUT2D eigenvalue weighted by Crippen LogP contribution is 2.30. The Morgan fingerprint density at radius 2 is 1.49 bits per heavy atom. The van der Waals surface area contributed by atoms with Gasteiger partial charge in [-0.1, -0.05) is 38.7 Å². The molecule has 1 fully saturated rings. The minimum absolute atomic E-state index is 0.0118. The van der Waals surface area contributed by atoms with E-state index >= 15 is 0 Å². The van der Waals surface area contributed by atoms with E-state index in [4.69, 9.17) is 14.2 Å². The molecule has 1 heterocycles. The number of rotatable bonds is 17. The number of benzene rings is 3. The topological polar surface area (TPSA) is 140 Å². The number of carbonyl (C=O) groups excluding carboxylic acids is 5. The first-order valence-corrected chi connectivity index (χ1v) is 17.7. The Balaban J connectivity index is 1.29. The van der Waals surface area contributed by atoms with Crippen LogP contribution in [-0.4, -0.2) is 67.2 Å². The van der Waals surface area contributed by atoms with Gasteiger partial charge in [-0.15, -0.1) is 0 Å². The predicted molar refractivity (Wildman–Crippen MR) is 194 cm³/mol. The number of nitrogens with one attached hydrogen (secondary N) is 2. The normalized spacial score (nSPS) is 13.5. The highest BCUT2D eigenvalue weighted by atomic mass is 16.6.